The monoisotopic (exact) mass is 1110 g/mol. The summed E-state index contributed by atoms with van der Waals surface area (Å²) in [6.07, 6.45) is -4.95. The molecular weight excluding hydrogens is 1100 g/mol. The van der Waals surface area contributed by atoms with E-state index < -0.39 is 36.6 Å². The number of halogens is 1. The normalized spacial score (nSPS) is 36.9. The van der Waals surface area contributed by atoms with Crippen molar-refractivity contribution in [2.24, 2.45) is 0 Å². The molecule has 0 amide bonds. The largest absolute Gasteiger partial charge is 0.394 e. The number of alkyl halides is 1. The number of hydrogen-bond acceptors (Lipinski definition) is 5. The van der Waals surface area contributed by atoms with Gasteiger partial charge in [0.25, 0.3) is 0 Å². The zero-order valence-electron chi connectivity index (χ0n) is 8.48. The predicted molar refractivity (Wildman–Crippen MR) is 39.6 cm³/mol. The van der Waals surface area contributed by atoms with Crippen molar-refractivity contribution in [3.63, 3.8) is 0 Å². The van der Waals surface area contributed by atoms with Crippen LogP contribution in [0.3, 0.4) is 0 Å². The number of hydrogen-bond donors (Lipinski definition) is 4. The molecule has 0 bridgehead atoms. The molecule has 5 nitrogen and oxygen atoms in total. The molecule has 1 saturated heterocycles. The summed E-state index contributed by atoms with van der Waals surface area (Å²) in [7, 11) is 0. The van der Waals surface area contributed by atoms with Gasteiger partial charge in [-0.1, -0.05) is 11.6 Å². The van der Waals surface area contributed by atoms with Crippen LogP contribution in [0.2, 0.25) is 0 Å². The van der Waals surface area contributed by atoms with Gasteiger partial charge in [-0.25, -0.2) is 0 Å². The number of aliphatic hydroxyl groups is 4. The fraction of sp³-hybridized carbons (Fsp3) is 1.00. The molecule has 1 aliphatic rings. The van der Waals surface area contributed by atoms with Crippen LogP contribution >= 0.6 is 11.6 Å². The Bertz CT molecular complexity index is 163. The van der Waals surface area contributed by atoms with Gasteiger partial charge in [0.05, 0.1) is 6.61 Å². The van der Waals surface area contributed by atoms with Crippen molar-refractivity contribution in [2.75, 3.05) is 6.61 Å². The molecule has 5 atom stereocenters. The van der Waals surface area contributed by atoms with Crippen molar-refractivity contribution in [2.45, 2.75) is 30.0 Å². The SMILES string of the molecule is OCC1OC(Cl)C(O)C(O)C1O.[Ac].[Ac].[Ac].[Ac]. The smallest absolute Gasteiger partial charge is 0.160 e. The topological polar surface area (TPSA) is 90.2 Å². The van der Waals surface area contributed by atoms with Crippen LogP contribution in [0.4, 0.5) is 0 Å². The maximum Gasteiger partial charge on any atom is 0.160 e. The summed E-state index contributed by atoms with van der Waals surface area (Å²) in [5.74, 6) is 0. The van der Waals surface area contributed by atoms with Crippen LogP contribution in [0.25, 0.3) is 0 Å². The van der Waals surface area contributed by atoms with Crippen LogP contribution in [0.5, 0.6) is 0 Å². The fourth-order valence-corrected chi connectivity index (χ4v) is 1.34. The minimum absolute atomic E-state index is 0. The van der Waals surface area contributed by atoms with Crippen molar-refractivity contribution < 1.29 is 201 Å². The van der Waals surface area contributed by atoms with Crippen LogP contribution in [-0.2, 0) is 4.74 Å². The first-order valence-electron chi connectivity index (χ1n) is 3.52. The Morgan fingerprint density at radius 1 is 0.875 bits per heavy atom. The molecule has 1 fully saturated rings. The molecule has 4 N–H and O–H groups in total. The van der Waals surface area contributed by atoms with Gasteiger partial charge in [0.1, 0.15) is 24.4 Å². The van der Waals surface area contributed by atoms with Gasteiger partial charge in [0, 0.05) is 176 Å². The molecule has 10 heteroatoms. The van der Waals surface area contributed by atoms with Gasteiger partial charge in [0.15, 0.2) is 5.56 Å². The molecule has 0 spiro atoms. The van der Waals surface area contributed by atoms with Gasteiger partial charge in [-0.3, -0.25) is 0 Å². The Balaban J connectivity index is -0.000000180. The molecule has 4 radical (unpaired) electrons. The molecule has 1 rings (SSSR count). The van der Waals surface area contributed by atoms with Gasteiger partial charge >= 0.3 is 0 Å². The van der Waals surface area contributed by atoms with E-state index in [1.54, 1.807) is 0 Å². The predicted octanol–water partition coefficient (Wildman–Crippen LogP) is -1.97. The van der Waals surface area contributed by atoms with E-state index in [1.807, 2.05) is 0 Å². The van der Waals surface area contributed by atoms with Gasteiger partial charge in [0.2, 0.25) is 0 Å². The van der Waals surface area contributed by atoms with Crippen molar-refractivity contribution in [3.8, 4) is 0 Å². The maximum absolute atomic E-state index is 9.17. The maximum atomic E-state index is 9.17. The Hall–Kier alpha value is 5.86. The third-order valence-electron chi connectivity index (χ3n) is 1.83. The molecule has 5 unspecified atom stereocenters. The summed E-state index contributed by atoms with van der Waals surface area (Å²) in [6, 6.07) is 0. The summed E-state index contributed by atoms with van der Waals surface area (Å²) in [5, 5.41) is 36.0. The number of rotatable bonds is 1. The number of ether oxygens (including phenoxy) is 1. The Morgan fingerprint density at radius 3 is 1.69 bits per heavy atom. The molecule has 0 aliphatic carbocycles. The van der Waals surface area contributed by atoms with Crippen LogP contribution in [-0.4, -0.2) is 57.0 Å². The van der Waals surface area contributed by atoms with E-state index in [-0.39, 0.29) is 176 Å². The first-order chi connectivity index (χ1) is 5.57. The standard InChI is InChI=1S/C6H11ClO5.4Ac/c7-6-5(11)4(10)3(9)2(1-8)12-6;;;;/h2-6,8-11H,1H2;;;;. The molecular formula is C6H11Ac4ClO5. The summed E-state index contributed by atoms with van der Waals surface area (Å²) in [6.45, 7) is -0.450. The zero-order chi connectivity index (χ0) is 9.30. The van der Waals surface area contributed by atoms with Crippen LogP contribution < -0.4 is 0 Å². The first kappa shape index (κ1) is 29.8. The Morgan fingerprint density at radius 2 is 1.31 bits per heavy atom. The Kier molecular flexibility index (Phi) is 29.3. The third kappa shape index (κ3) is 9.10. The molecule has 16 heavy (non-hydrogen) atoms. The summed E-state index contributed by atoms with van der Waals surface area (Å²) < 4.78 is 4.79. The third-order valence-corrected chi connectivity index (χ3v) is 2.20. The first-order valence-corrected chi connectivity index (χ1v) is 3.96. The van der Waals surface area contributed by atoms with Crippen LogP contribution in [0, 0.1) is 176 Å². The van der Waals surface area contributed by atoms with Crippen molar-refractivity contribution in [1.29, 1.82) is 0 Å². The van der Waals surface area contributed by atoms with Gasteiger partial charge in [-0.05, 0) is 0 Å². The molecule has 1 aliphatic heterocycles. The summed E-state index contributed by atoms with van der Waals surface area (Å²) in [5.41, 5.74) is -1.10. The second-order valence-corrected chi connectivity index (χ2v) is 3.11. The van der Waals surface area contributed by atoms with E-state index in [9.17, 15) is 5.11 Å². The van der Waals surface area contributed by atoms with E-state index in [1.165, 1.54) is 0 Å². The van der Waals surface area contributed by atoms with Crippen LogP contribution in [0.15, 0.2) is 0 Å². The van der Waals surface area contributed by atoms with E-state index in [4.69, 9.17) is 31.7 Å². The summed E-state index contributed by atoms with van der Waals surface area (Å²) >= 11 is 5.45. The molecule has 0 aromatic rings. The van der Waals surface area contributed by atoms with E-state index in [2.05, 4.69) is 0 Å². The second kappa shape index (κ2) is 15.7. The minimum Gasteiger partial charge on any atom is -0.394 e. The van der Waals surface area contributed by atoms with Crippen molar-refractivity contribution >= 4 is 11.6 Å². The quantitative estimate of drug-likeness (QED) is 0.229. The van der Waals surface area contributed by atoms with E-state index in [0.29, 0.717) is 0 Å². The summed E-state index contributed by atoms with van der Waals surface area (Å²) in [4.78, 5) is 0. The minimum atomic E-state index is -1.38. The van der Waals surface area contributed by atoms with Crippen LogP contribution in [0.1, 0.15) is 0 Å². The van der Waals surface area contributed by atoms with Crippen molar-refractivity contribution in [1.82, 2.24) is 0 Å². The second-order valence-electron chi connectivity index (χ2n) is 2.68. The molecule has 0 saturated carbocycles. The fourth-order valence-electron chi connectivity index (χ4n) is 1.06. The van der Waals surface area contributed by atoms with Gasteiger partial charge in [-0.15, -0.1) is 0 Å². The molecule has 0 aromatic heterocycles. The number of aliphatic hydroxyl groups excluding tert-OH is 4. The molecule has 1 heterocycles. The average Bonchev–Trinajstić information content (AvgIpc) is 2.08. The van der Waals surface area contributed by atoms with E-state index in [0.717, 1.165) is 0 Å². The van der Waals surface area contributed by atoms with Gasteiger partial charge < -0.3 is 25.2 Å². The Labute approximate surface area is 242 Å². The van der Waals surface area contributed by atoms with Gasteiger partial charge in [-0.2, -0.15) is 0 Å². The van der Waals surface area contributed by atoms with Crippen molar-refractivity contribution in [3.05, 3.63) is 0 Å². The molecule has 84 valence electrons. The molecule has 0 aromatic carbocycles. The zero-order valence-corrected chi connectivity index (χ0v) is 28.2. The average molecular weight is 1110 g/mol. The van der Waals surface area contributed by atoms with E-state index >= 15 is 0 Å².